The van der Waals surface area contributed by atoms with Gasteiger partial charge in [-0.1, -0.05) is 0 Å². The summed E-state index contributed by atoms with van der Waals surface area (Å²) in [4.78, 5) is 14.1. The minimum atomic E-state index is -3.00. The second-order valence-corrected chi connectivity index (χ2v) is 10.1. The number of anilines is 1. The Morgan fingerprint density at radius 3 is 2.59 bits per heavy atom. The first kappa shape index (κ1) is 18.5. The molecular formula is C18H27N5O3S. The van der Waals surface area contributed by atoms with E-state index in [-0.39, 0.29) is 29.4 Å². The maximum absolute atomic E-state index is 12.0. The summed E-state index contributed by atoms with van der Waals surface area (Å²) in [6.45, 7) is 3.78. The second kappa shape index (κ2) is 7.26. The van der Waals surface area contributed by atoms with Gasteiger partial charge in [0, 0.05) is 19.0 Å². The molecule has 4 rings (SSSR count). The highest BCUT2D eigenvalue weighted by atomic mass is 32.2. The zero-order valence-electron chi connectivity index (χ0n) is 15.7. The minimum absolute atomic E-state index is 0.0299. The van der Waals surface area contributed by atoms with Crippen molar-refractivity contribution in [3.05, 3.63) is 11.3 Å². The van der Waals surface area contributed by atoms with Gasteiger partial charge in [0.1, 0.15) is 5.82 Å². The summed E-state index contributed by atoms with van der Waals surface area (Å²) in [5.74, 6) is 1.38. The zero-order valence-corrected chi connectivity index (χ0v) is 16.5. The highest BCUT2D eigenvalue weighted by Gasteiger charge is 2.34. The van der Waals surface area contributed by atoms with E-state index >= 15 is 0 Å². The topological polar surface area (TPSA) is 96.7 Å². The molecule has 2 aliphatic heterocycles. The number of hydrogen-bond donors (Lipinski definition) is 1. The highest BCUT2D eigenvalue weighted by Crippen LogP contribution is 2.33. The van der Waals surface area contributed by atoms with E-state index in [9.17, 15) is 13.2 Å². The smallest absolute Gasteiger partial charge is 0.243 e. The summed E-state index contributed by atoms with van der Waals surface area (Å²) >= 11 is 0. The molecule has 3 heterocycles. The van der Waals surface area contributed by atoms with Gasteiger partial charge in [0.2, 0.25) is 5.91 Å². The van der Waals surface area contributed by atoms with Gasteiger partial charge in [0.05, 0.1) is 35.0 Å². The van der Waals surface area contributed by atoms with E-state index in [1.54, 1.807) is 6.21 Å². The van der Waals surface area contributed by atoms with Crippen LogP contribution < -0.4 is 10.3 Å². The fourth-order valence-electron chi connectivity index (χ4n) is 3.94. The standard InChI is InChI=1S/C18H27N5O3S/c1-13-16(11-19-20-17(24)14-5-6-14)18(22-8-3-2-4-9-22)23(21-13)15-7-10-27(25,26)12-15/h11,14-15H,2-10,12H2,1H3,(H,20,24)/t15-/m0/s1. The first-order chi connectivity index (χ1) is 12.9. The summed E-state index contributed by atoms with van der Waals surface area (Å²) in [6.07, 6.45) is 7.58. The Balaban J connectivity index is 1.64. The van der Waals surface area contributed by atoms with Crippen molar-refractivity contribution < 1.29 is 13.2 Å². The van der Waals surface area contributed by atoms with Gasteiger partial charge in [0.15, 0.2) is 9.84 Å². The van der Waals surface area contributed by atoms with Crippen LogP contribution in [-0.2, 0) is 14.6 Å². The Kier molecular flexibility index (Phi) is 4.96. The number of sulfone groups is 1. The van der Waals surface area contributed by atoms with Gasteiger partial charge in [-0.3, -0.25) is 4.79 Å². The molecule has 1 amide bonds. The lowest BCUT2D eigenvalue weighted by atomic mass is 10.1. The Morgan fingerprint density at radius 2 is 1.96 bits per heavy atom. The van der Waals surface area contributed by atoms with E-state index < -0.39 is 9.84 Å². The van der Waals surface area contributed by atoms with Crippen LogP contribution in [0.4, 0.5) is 5.82 Å². The predicted molar refractivity (Wildman–Crippen MR) is 104 cm³/mol. The number of aryl methyl sites for hydroxylation is 1. The van der Waals surface area contributed by atoms with Crippen molar-refractivity contribution in [2.24, 2.45) is 11.0 Å². The molecule has 9 heteroatoms. The van der Waals surface area contributed by atoms with Gasteiger partial charge in [-0.2, -0.15) is 10.2 Å². The molecule has 2 saturated heterocycles. The summed E-state index contributed by atoms with van der Waals surface area (Å²) in [7, 11) is -3.00. The molecule has 1 aliphatic carbocycles. The van der Waals surface area contributed by atoms with Crippen molar-refractivity contribution in [2.75, 3.05) is 29.5 Å². The highest BCUT2D eigenvalue weighted by molar-refractivity contribution is 7.91. The molecule has 1 N–H and O–H groups in total. The Labute approximate surface area is 159 Å². The Hall–Kier alpha value is -1.90. The molecule has 3 fully saturated rings. The third-order valence-electron chi connectivity index (χ3n) is 5.63. The molecule has 148 valence electrons. The van der Waals surface area contributed by atoms with Gasteiger partial charge < -0.3 is 4.90 Å². The molecule has 8 nitrogen and oxygen atoms in total. The zero-order chi connectivity index (χ0) is 19.0. The number of amides is 1. The fourth-order valence-corrected chi connectivity index (χ4v) is 5.63. The van der Waals surface area contributed by atoms with Crippen molar-refractivity contribution in [2.45, 2.75) is 51.5 Å². The number of nitrogens with zero attached hydrogens (tertiary/aromatic N) is 4. The lowest BCUT2D eigenvalue weighted by Gasteiger charge is -2.30. The van der Waals surface area contributed by atoms with E-state index in [0.29, 0.717) is 6.42 Å². The average molecular weight is 394 g/mol. The van der Waals surface area contributed by atoms with Crippen molar-refractivity contribution >= 4 is 27.8 Å². The number of hydrogen-bond acceptors (Lipinski definition) is 6. The Bertz CT molecular complexity index is 851. The molecule has 0 bridgehead atoms. The number of carbonyl (C=O) groups is 1. The van der Waals surface area contributed by atoms with Crippen LogP contribution >= 0.6 is 0 Å². The SMILES string of the molecule is Cc1nn([C@H]2CCS(=O)(=O)C2)c(N2CCCCC2)c1C=NNC(=O)C1CC1. The van der Waals surface area contributed by atoms with Crippen LogP contribution in [0.3, 0.4) is 0 Å². The lowest BCUT2D eigenvalue weighted by molar-refractivity contribution is -0.122. The molecular weight excluding hydrogens is 366 g/mol. The van der Waals surface area contributed by atoms with E-state index in [2.05, 4.69) is 20.5 Å². The summed E-state index contributed by atoms with van der Waals surface area (Å²) in [6, 6.07) is -0.131. The van der Waals surface area contributed by atoms with Gasteiger partial charge in [-0.15, -0.1) is 0 Å². The molecule has 0 unspecified atom stereocenters. The van der Waals surface area contributed by atoms with Crippen LogP contribution in [0.15, 0.2) is 5.10 Å². The normalized spacial score (nSPS) is 25.2. The van der Waals surface area contributed by atoms with Crippen molar-refractivity contribution in [1.82, 2.24) is 15.2 Å². The maximum atomic E-state index is 12.0. The van der Waals surface area contributed by atoms with Gasteiger partial charge >= 0.3 is 0 Å². The molecule has 1 saturated carbocycles. The van der Waals surface area contributed by atoms with E-state index in [4.69, 9.17) is 0 Å². The third-order valence-corrected chi connectivity index (χ3v) is 7.38. The Morgan fingerprint density at radius 1 is 1.22 bits per heavy atom. The predicted octanol–water partition coefficient (Wildman–Crippen LogP) is 1.40. The van der Waals surface area contributed by atoms with Gasteiger partial charge in [-0.25, -0.2) is 18.5 Å². The minimum Gasteiger partial charge on any atom is -0.356 e. The summed E-state index contributed by atoms with van der Waals surface area (Å²) in [5, 5.41) is 8.85. The van der Waals surface area contributed by atoms with Gasteiger partial charge in [0.25, 0.3) is 0 Å². The summed E-state index contributed by atoms with van der Waals surface area (Å²) in [5.41, 5.74) is 4.30. The van der Waals surface area contributed by atoms with E-state index in [0.717, 1.165) is 55.8 Å². The van der Waals surface area contributed by atoms with E-state index in [1.807, 2.05) is 11.6 Å². The molecule has 1 aromatic rings. The number of carbonyl (C=O) groups excluding carboxylic acids is 1. The van der Waals surface area contributed by atoms with Crippen LogP contribution in [-0.4, -0.2) is 54.9 Å². The van der Waals surface area contributed by atoms with Crippen LogP contribution in [0.5, 0.6) is 0 Å². The largest absolute Gasteiger partial charge is 0.356 e. The van der Waals surface area contributed by atoms with Gasteiger partial charge in [-0.05, 0) is 45.4 Å². The van der Waals surface area contributed by atoms with Crippen LogP contribution in [0, 0.1) is 12.8 Å². The summed E-state index contributed by atoms with van der Waals surface area (Å²) < 4.78 is 25.9. The molecule has 1 aromatic heterocycles. The van der Waals surface area contributed by atoms with Crippen molar-refractivity contribution in [3.8, 4) is 0 Å². The molecule has 27 heavy (non-hydrogen) atoms. The van der Waals surface area contributed by atoms with Crippen LogP contribution in [0.2, 0.25) is 0 Å². The number of aromatic nitrogens is 2. The maximum Gasteiger partial charge on any atom is 0.243 e. The average Bonchev–Trinajstić information content (AvgIpc) is 3.36. The molecule has 1 atom stereocenters. The van der Waals surface area contributed by atoms with Crippen molar-refractivity contribution in [3.63, 3.8) is 0 Å². The molecule has 0 spiro atoms. The first-order valence-electron chi connectivity index (χ1n) is 9.82. The molecule has 0 radical (unpaired) electrons. The second-order valence-electron chi connectivity index (χ2n) is 7.88. The first-order valence-corrected chi connectivity index (χ1v) is 11.6. The van der Waals surface area contributed by atoms with E-state index in [1.165, 1.54) is 6.42 Å². The van der Waals surface area contributed by atoms with Crippen LogP contribution in [0.1, 0.15) is 55.8 Å². The number of hydrazone groups is 1. The van der Waals surface area contributed by atoms with Crippen LogP contribution in [0.25, 0.3) is 0 Å². The lowest BCUT2D eigenvalue weighted by Crippen LogP contribution is -2.33. The third kappa shape index (κ3) is 4.02. The number of piperidine rings is 1. The monoisotopic (exact) mass is 393 g/mol. The molecule has 3 aliphatic rings. The fraction of sp³-hybridized carbons (Fsp3) is 0.722. The molecule has 0 aromatic carbocycles. The van der Waals surface area contributed by atoms with Crippen molar-refractivity contribution in [1.29, 1.82) is 0 Å². The quantitative estimate of drug-likeness (QED) is 0.602. The number of nitrogens with one attached hydrogen (secondary N) is 1. The number of rotatable bonds is 5.